The van der Waals surface area contributed by atoms with E-state index in [-0.39, 0.29) is 29.7 Å². The molecule has 1 aromatic heterocycles. The van der Waals surface area contributed by atoms with Gasteiger partial charge >= 0.3 is 0 Å². The van der Waals surface area contributed by atoms with E-state index in [0.717, 1.165) is 12.1 Å². The third kappa shape index (κ3) is 4.54. The minimum atomic E-state index is -0.204. The van der Waals surface area contributed by atoms with Crippen LogP contribution in [0.15, 0.2) is 70.1 Å². The number of benzene rings is 2. The molecule has 1 amide bonds. The molecule has 0 bridgehead atoms. The average Bonchev–Trinajstić information content (AvgIpc) is 3.08. The molecule has 0 fully saturated rings. The molecule has 0 saturated heterocycles. The molecular formula is C25H26N2O4. The number of carbonyl (C=O) groups is 1. The zero-order valence-electron chi connectivity index (χ0n) is 18.0. The summed E-state index contributed by atoms with van der Waals surface area (Å²) in [7, 11) is 3.43. The Morgan fingerprint density at radius 2 is 1.90 bits per heavy atom. The van der Waals surface area contributed by atoms with E-state index < -0.39 is 0 Å². The molecular weight excluding hydrogens is 392 g/mol. The van der Waals surface area contributed by atoms with Crippen molar-refractivity contribution in [1.82, 2.24) is 9.80 Å². The van der Waals surface area contributed by atoms with E-state index >= 15 is 0 Å². The first-order chi connectivity index (χ1) is 14.9. The Morgan fingerprint density at radius 1 is 1.16 bits per heavy atom. The molecule has 4 rings (SSSR count). The summed E-state index contributed by atoms with van der Waals surface area (Å²) in [5.41, 5.74) is 3.90. The van der Waals surface area contributed by atoms with Gasteiger partial charge in [0, 0.05) is 38.3 Å². The van der Waals surface area contributed by atoms with E-state index in [2.05, 4.69) is 36.1 Å². The maximum absolute atomic E-state index is 12.5. The fraction of sp³-hybridized carbons (Fsp3) is 0.280. The summed E-state index contributed by atoms with van der Waals surface area (Å²) in [6.45, 7) is 3.79. The molecule has 160 valence electrons. The van der Waals surface area contributed by atoms with Crippen molar-refractivity contribution < 1.29 is 13.9 Å². The highest BCUT2D eigenvalue weighted by Gasteiger charge is 2.26. The lowest BCUT2D eigenvalue weighted by molar-refractivity contribution is 0.0827. The summed E-state index contributed by atoms with van der Waals surface area (Å²) < 4.78 is 11.3. The molecule has 6 heteroatoms. The van der Waals surface area contributed by atoms with E-state index in [1.54, 1.807) is 26.2 Å². The second kappa shape index (κ2) is 8.78. The van der Waals surface area contributed by atoms with Crippen LogP contribution in [0.4, 0.5) is 0 Å². The summed E-state index contributed by atoms with van der Waals surface area (Å²) in [6.07, 6.45) is 1.38. The second-order valence-corrected chi connectivity index (χ2v) is 8.04. The van der Waals surface area contributed by atoms with Crippen LogP contribution < -0.4 is 10.2 Å². The Bertz CT molecular complexity index is 1130. The summed E-state index contributed by atoms with van der Waals surface area (Å²) in [5.74, 6) is 0.734. The Labute approximate surface area is 181 Å². The topological polar surface area (TPSA) is 63.0 Å². The van der Waals surface area contributed by atoms with Gasteiger partial charge in [0.25, 0.3) is 5.91 Å². The highest BCUT2D eigenvalue weighted by atomic mass is 16.5. The van der Waals surface area contributed by atoms with Crippen molar-refractivity contribution >= 4 is 5.91 Å². The molecule has 0 N–H and O–H groups in total. The molecule has 0 spiro atoms. The van der Waals surface area contributed by atoms with Gasteiger partial charge < -0.3 is 14.1 Å². The molecule has 1 aliphatic heterocycles. The highest BCUT2D eigenvalue weighted by molar-refractivity contribution is 5.93. The third-order valence-corrected chi connectivity index (χ3v) is 5.64. The third-order valence-electron chi connectivity index (χ3n) is 5.64. The van der Waals surface area contributed by atoms with Gasteiger partial charge in [-0.2, -0.15) is 0 Å². The lowest BCUT2D eigenvalue weighted by atomic mass is 10.1. The van der Waals surface area contributed by atoms with Crippen molar-refractivity contribution in [1.29, 1.82) is 0 Å². The standard InChI is InChI=1S/C25H26N2O4/c1-17-22-7-5-4-6-20(22)13-27(17)14-21-12-23(28)24(16-30-21)31-15-18-8-10-19(11-9-18)25(29)26(2)3/h4-12,16-17H,13-15H2,1-3H3. The number of hydrogen-bond acceptors (Lipinski definition) is 5. The molecule has 2 heterocycles. The van der Waals surface area contributed by atoms with Gasteiger partial charge in [-0.3, -0.25) is 14.5 Å². The number of ether oxygens (including phenoxy) is 1. The monoisotopic (exact) mass is 418 g/mol. The quantitative estimate of drug-likeness (QED) is 0.606. The van der Waals surface area contributed by atoms with Gasteiger partial charge in [-0.1, -0.05) is 36.4 Å². The number of amides is 1. The first-order valence-electron chi connectivity index (χ1n) is 10.3. The van der Waals surface area contributed by atoms with Crippen LogP contribution in [0.5, 0.6) is 5.75 Å². The molecule has 6 nitrogen and oxygen atoms in total. The van der Waals surface area contributed by atoms with Crippen LogP contribution in [0, 0.1) is 0 Å². The highest BCUT2D eigenvalue weighted by Crippen LogP contribution is 2.34. The maximum atomic E-state index is 12.5. The van der Waals surface area contributed by atoms with E-state index in [0.29, 0.717) is 17.9 Å². The van der Waals surface area contributed by atoms with Gasteiger partial charge in [-0.05, 0) is 35.7 Å². The fourth-order valence-electron chi connectivity index (χ4n) is 3.82. The molecule has 1 aliphatic rings. The minimum Gasteiger partial charge on any atom is -0.482 e. The van der Waals surface area contributed by atoms with E-state index in [1.165, 1.54) is 28.4 Å². The number of carbonyl (C=O) groups excluding carboxylic acids is 1. The maximum Gasteiger partial charge on any atom is 0.253 e. The molecule has 1 atom stereocenters. The predicted octanol–water partition coefficient (Wildman–Crippen LogP) is 4.00. The largest absolute Gasteiger partial charge is 0.482 e. The molecule has 2 aromatic carbocycles. The van der Waals surface area contributed by atoms with Crippen LogP contribution in [0.3, 0.4) is 0 Å². The van der Waals surface area contributed by atoms with Crippen LogP contribution in [0.2, 0.25) is 0 Å². The number of rotatable bonds is 6. The number of fused-ring (bicyclic) bond motifs is 1. The van der Waals surface area contributed by atoms with Gasteiger partial charge in [0.15, 0.2) is 0 Å². The Morgan fingerprint density at radius 3 is 2.58 bits per heavy atom. The van der Waals surface area contributed by atoms with E-state index in [1.807, 2.05) is 12.1 Å². The molecule has 31 heavy (non-hydrogen) atoms. The smallest absolute Gasteiger partial charge is 0.253 e. The molecule has 1 unspecified atom stereocenters. The summed E-state index contributed by atoms with van der Waals surface area (Å²) in [5, 5.41) is 0. The number of hydrogen-bond donors (Lipinski definition) is 0. The SMILES string of the molecule is CC1c2ccccc2CN1Cc1cc(=O)c(OCc2ccc(C(=O)N(C)C)cc2)co1. The van der Waals surface area contributed by atoms with Crippen LogP contribution in [0.1, 0.15) is 45.8 Å². The fourth-order valence-corrected chi connectivity index (χ4v) is 3.82. The molecule has 0 saturated carbocycles. The Kier molecular flexibility index (Phi) is 5.91. The first kappa shape index (κ1) is 20.9. The Balaban J connectivity index is 1.37. The number of nitrogens with zero attached hydrogens (tertiary/aromatic N) is 2. The normalized spacial score (nSPS) is 15.5. The zero-order chi connectivity index (χ0) is 22.0. The van der Waals surface area contributed by atoms with Crippen LogP contribution in [-0.2, 0) is 19.7 Å². The minimum absolute atomic E-state index is 0.0564. The van der Waals surface area contributed by atoms with Crippen molar-refractivity contribution in [2.45, 2.75) is 32.7 Å². The van der Waals surface area contributed by atoms with Crippen LogP contribution in [0.25, 0.3) is 0 Å². The van der Waals surface area contributed by atoms with Gasteiger partial charge in [0.1, 0.15) is 18.6 Å². The van der Waals surface area contributed by atoms with Crippen molar-refractivity contribution in [2.75, 3.05) is 14.1 Å². The lowest BCUT2D eigenvalue weighted by Gasteiger charge is -2.20. The van der Waals surface area contributed by atoms with E-state index in [9.17, 15) is 9.59 Å². The van der Waals surface area contributed by atoms with Crippen LogP contribution >= 0.6 is 0 Å². The molecule has 3 aromatic rings. The summed E-state index contributed by atoms with van der Waals surface area (Å²) in [6, 6.07) is 17.3. The van der Waals surface area contributed by atoms with E-state index in [4.69, 9.17) is 9.15 Å². The average molecular weight is 418 g/mol. The van der Waals surface area contributed by atoms with Gasteiger partial charge in [0.05, 0.1) is 6.54 Å². The summed E-state index contributed by atoms with van der Waals surface area (Å²) >= 11 is 0. The van der Waals surface area contributed by atoms with Gasteiger partial charge in [0.2, 0.25) is 11.2 Å². The predicted molar refractivity (Wildman–Crippen MR) is 118 cm³/mol. The lowest BCUT2D eigenvalue weighted by Crippen LogP contribution is -2.21. The molecule has 0 radical (unpaired) electrons. The zero-order valence-corrected chi connectivity index (χ0v) is 18.0. The summed E-state index contributed by atoms with van der Waals surface area (Å²) in [4.78, 5) is 28.3. The second-order valence-electron chi connectivity index (χ2n) is 8.04. The van der Waals surface area contributed by atoms with Gasteiger partial charge in [-0.25, -0.2) is 0 Å². The van der Waals surface area contributed by atoms with Crippen molar-refractivity contribution in [3.8, 4) is 5.75 Å². The Hall–Kier alpha value is -3.38. The molecule has 0 aliphatic carbocycles. The van der Waals surface area contributed by atoms with Gasteiger partial charge in [-0.15, -0.1) is 0 Å². The van der Waals surface area contributed by atoms with Crippen molar-refractivity contribution in [3.05, 3.63) is 99.1 Å². The van der Waals surface area contributed by atoms with Crippen molar-refractivity contribution in [3.63, 3.8) is 0 Å². The van der Waals surface area contributed by atoms with Crippen LogP contribution in [-0.4, -0.2) is 29.8 Å². The first-order valence-corrected chi connectivity index (χ1v) is 10.3. The van der Waals surface area contributed by atoms with Crippen molar-refractivity contribution in [2.24, 2.45) is 0 Å².